The summed E-state index contributed by atoms with van der Waals surface area (Å²) in [6, 6.07) is 13.8. The van der Waals surface area contributed by atoms with Crippen LogP contribution in [0.15, 0.2) is 72.8 Å². The number of aromatic nitrogens is 1. The van der Waals surface area contributed by atoms with E-state index in [1.807, 2.05) is 30.4 Å². The molecule has 7 nitrogen and oxygen atoms in total. The maximum Gasteiger partial charge on any atom is 0.411 e. The monoisotopic (exact) mass is 647 g/mol. The molecular weight excluding hydrogens is 628 g/mol. The molecule has 0 fully saturated rings. The van der Waals surface area contributed by atoms with E-state index in [4.69, 9.17) is 0 Å². The fourth-order valence-corrected chi connectivity index (χ4v) is 6.43. The number of hydrogen-bond donors (Lipinski definition) is 1. The normalized spacial score (nSPS) is 15.1. The van der Waals surface area contributed by atoms with Crippen LogP contribution < -0.4 is 10.2 Å². The maximum absolute atomic E-state index is 14.9. The van der Waals surface area contributed by atoms with Crippen molar-refractivity contribution in [1.82, 2.24) is 10.3 Å². The molecule has 47 heavy (non-hydrogen) atoms. The number of benzene rings is 4. The average molecular weight is 648 g/mol. The SMILES string of the molecule is Cc1ccc2nc3cc(N4C(=O)c5ccc(C(c6ccc7c(c6)C(=O)NC7=O)(C(F)(F)F)C(F)(F)F)cc5C4=O)c(C)cc3cc2c1. The van der Waals surface area contributed by atoms with E-state index in [-0.39, 0.29) is 11.3 Å². The van der Waals surface area contributed by atoms with Gasteiger partial charge >= 0.3 is 12.4 Å². The largest absolute Gasteiger partial charge is 0.411 e. The van der Waals surface area contributed by atoms with Gasteiger partial charge in [0.25, 0.3) is 23.6 Å². The molecule has 4 aromatic carbocycles. The van der Waals surface area contributed by atoms with Gasteiger partial charge in [-0.15, -0.1) is 0 Å². The van der Waals surface area contributed by atoms with Gasteiger partial charge < -0.3 is 0 Å². The molecule has 0 unspecified atom stereocenters. The number of halogens is 6. The highest BCUT2D eigenvalue weighted by Gasteiger charge is 2.73. The van der Waals surface area contributed by atoms with Gasteiger partial charge in [0, 0.05) is 10.8 Å². The minimum atomic E-state index is -6.06. The molecular formula is C34H19F6N3O4. The van der Waals surface area contributed by atoms with Crippen LogP contribution >= 0.6 is 0 Å². The molecule has 0 spiro atoms. The first-order valence-corrected chi connectivity index (χ1v) is 14.0. The summed E-state index contributed by atoms with van der Waals surface area (Å²) in [7, 11) is 0. The molecule has 0 aliphatic carbocycles. The number of anilines is 1. The number of nitrogens with one attached hydrogen (secondary N) is 1. The number of rotatable bonds is 3. The Bertz CT molecular complexity index is 2260. The molecule has 2 aliphatic rings. The van der Waals surface area contributed by atoms with Gasteiger partial charge in [-0.2, -0.15) is 26.3 Å². The minimum Gasteiger partial charge on any atom is -0.288 e. The first kappa shape index (κ1) is 30.1. The van der Waals surface area contributed by atoms with Crippen LogP contribution in [0.5, 0.6) is 0 Å². The lowest BCUT2D eigenvalue weighted by molar-refractivity contribution is -0.288. The van der Waals surface area contributed by atoms with E-state index in [0.29, 0.717) is 57.2 Å². The molecule has 0 saturated heterocycles. The molecule has 236 valence electrons. The van der Waals surface area contributed by atoms with E-state index in [1.165, 1.54) is 6.07 Å². The summed E-state index contributed by atoms with van der Waals surface area (Å²) >= 11 is 0. The van der Waals surface area contributed by atoms with Crippen LogP contribution in [0.4, 0.5) is 32.0 Å². The molecule has 0 atom stereocenters. The van der Waals surface area contributed by atoms with Crippen LogP contribution in [-0.4, -0.2) is 41.0 Å². The van der Waals surface area contributed by atoms with E-state index < -0.39 is 69.2 Å². The highest BCUT2D eigenvalue weighted by atomic mass is 19.4. The second-order valence-electron chi connectivity index (χ2n) is 11.5. The zero-order valence-electron chi connectivity index (χ0n) is 24.2. The summed E-state index contributed by atoms with van der Waals surface area (Å²) in [4.78, 5) is 56.7. The summed E-state index contributed by atoms with van der Waals surface area (Å²) < 4.78 is 89.5. The third kappa shape index (κ3) is 4.18. The highest BCUT2D eigenvalue weighted by molar-refractivity contribution is 6.35. The Balaban J connectivity index is 1.38. The number of amides is 4. The molecule has 13 heteroatoms. The van der Waals surface area contributed by atoms with Gasteiger partial charge in [0.1, 0.15) is 0 Å². The number of nitrogens with zero attached hydrogens (tertiary/aromatic N) is 2. The molecule has 7 rings (SSSR count). The molecule has 0 saturated carbocycles. The lowest BCUT2D eigenvalue weighted by Gasteiger charge is -2.38. The number of carbonyl (C=O) groups is 4. The summed E-state index contributed by atoms with van der Waals surface area (Å²) in [5.74, 6) is -4.18. The molecule has 2 aliphatic heterocycles. The van der Waals surface area contributed by atoms with Gasteiger partial charge in [-0.3, -0.25) is 24.5 Å². The molecule has 1 aromatic heterocycles. The molecule has 5 aromatic rings. The Morgan fingerprint density at radius 3 is 1.83 bits per heavy atom. The summed E-state index contributed by atoms with van der Waals surface area (Å²) in [5.41, 5.74) is -7.08. The topological polar surface area (TPSA) is 96.4 Å². The predicted octanol–water partition coefficient (Wildman–Crippen LogP) is 7.10. The predicted molar refractivity (Wildman–Crippen MR) is 157 cm³/mol. The van der Waals surface area contributed by atoms with Crippen LogP contribution in [0.2, 0.25) is 0 Å². The van der Waals surface area contributed by atoms with Crippen LogP contribution in [0.1, 0.15) is 63.7 Å². The van der Waals surface area contributed by atoms with Gasteiger partial charge in [-0.05, 0) is 85.1 Å². The van der Waals surface area contributed by atoms with Crippen molar-refractivity contribution >= 4 is 51.1 Å². The first-order valence-electron chi connectivity index (χ1n) is 14.0. The lowest BCUT2D eigenvalue weighted by atomic mass is 9.71. The summed E-state index contributed by atoms with van der Waals surface area (Å²) in [6.45, 7) is 3.53. The van der Waals surface area contributed by atoms with E-state index in [0.717, 1.165) is 17.0 Å². The fourth-order valence-electron chi connectivity index (χ4n) is 6.43. The van der Waals surface area contributed by atoms with E-state index in [9.17, 15) is 45.5 Å². The van der Waals surface area contributed by atoms with Gasteiger partial charge in [0.2, 0.25) is 5.41 Å². The van der Waals surface area contributed by atoms with Crippen molar-refractivity contribution in [2.75, 3.05) is 4.90 Å². The number of imide groups is 2. The van der Waals surface area contributed by atoms with Gasteiger partial charge in [-0.1, -0.05) is 23.8 Å². The quantitative estimate of drug-likeness (QED) is 0.128. The number of fused-ring (bicyclic) bond motifs is 4. The minimum absolute atomic E-state index is 0.0661. The second kappa shape index (κ2) is 9.71. The Kier molecular flexibility index (Phi) is 6.21. The third-order valence-corrected chi connectivity index (χ3v) is 8.66. The molecule has 0 bridgehead atoms. The number of carbonyl (C=O) groups excluding carboxylic acids is 4. The number of alkyl halides is 6. The number of aryl methyl sites for hydroxylation is 2. The average Bonchev–Trinajstić information content (AvgIpc) is 3.40. The van der Waals surface area contributed by atoms with Crippen molar-refractivity contribution in [2.24, 2.45) is 0 Å². The highest BCUT2D eigenvalue weighted by Crippen LogP contribution is 2.57. The van der Waals surface area contributed by atoms with Crippen LogP contribution in [0.25, 0.3) is 21.8 Å². The molecule has 3 heterocycles. The van der Waals surface area contributed by atoms with Crippen molar-refractivity contribution in [3.8, 4) is 0 Å². The molecule has 0 radical (unpaired) electrons. The fraction of sp³-hybridized carbons (Fsp3) is 0.147. The smallest absolute Gasteiger partial charge is 0.288 e. The van der Waals surface area contributed by atoms with E-state index >= 15 is 0 Å². The summed E-state index contributed by atoms with van der Waals surface area (Å²) in [5, 5.41) is 3.38. The molecule has 1 N–H and O–H groups in total. The zero-order valence-corrected chi connectivity index (χ0v) is 24.2. The van der Waals surface area contributed by atoms with Crippen molar-refractivity contribution in [3.63, 3.8) is 0 Å². The van der Waals surface area contributed by atoms with Gasteiger partial charge in [-0.25, -0.2) is 9.88 Å². The Labute approximate surface area is 260 Å². The third-order valence-electron chi connectivity index (χ3n) is 8.66. The Morgan fingerprint density at radius 2 is 1.17 bits per heavy atom. The first-order chi connectivity index (χ1) is 22.0. The molecule has 4 amide bonds. The zero-order chi connectivity index (χ0) is 33.8. The van der Waals surface area contributed by atoms with E-state index in [1.54, 1.807) is 19.1 Å². The van der Waals surface area contributed by atoms with Crippen LogP contribution in [-0.2, 0) is 5.41 Å². The van der Waals surface area contributed by atoms with Crippen molar-refractivity contribution in [3.05, 3.63) is 117 Å². The Morgan fingerprint density at radius 1 is 0.596 bits per heavy atom. The van der Waals surface area contributed by atoms with Crippen LogP contribution in [0.3, 0.4) is 0 Å². The van der Waals surface area contributed by atoms with E-state index in [2.05, 4.69) is 4.98 Å². The lowest BCUT2D eigenvalue weighted by Crippen LogP contribution is -2.55. The van der Waals surface area contributed by atoms with Gasteiger partial charge in [0.15, 0.2) is 0 Å². The number of pyridine rings is 1. The maximum atomic E-state index is 14.9. The van der Waals surface area contributed by atoms with Crippen molar-refractivity contribution < 1.29 is 45.5 Å². The van der Waals surface area contributed by atoms with Crippen molar-refractivity contribution in [1.29, 1.82) is 0 Å². The second-order valence-corrected chi connectivity index (χ2v) is 11.5. The van der Waals surface area contributed by atoms with Crippen LogP contribution in [0, 0.1) is 13.8 Å². The van der Waals surface area contributed by atoms with Crippen molar-refractivity contribution in [2.45, 2.75) is 31.6 Å². The Hall–Kier alpha value is -5.59. The number of hydrogen-bond acceptors (Lipinski definition) is 5. The van der Waals surface area contributed by atoms with Gasteiger partial charge in [0.05, 0.1) is 39.0 Å². The standard InChI is InChI=1S/C34H19F6N3O4/c1-15-3-8-25-17(9-15)11-18-10-16(2)27(14-26(18)41-25)43-30(46)22-7-5-20(13-24(22)31(43)47)32(33(35,36)37,34(38,39)40)19-4-6-21-23(12-19)29(45)42-28(21)44/h3-14H,1-2H3,(H,42,44,45). The summed E-state index contributed by atoms with van der Waals surface area (Å²) in [6.07, 6.45) is -12.1.